The van der Waals surface area contributed by atoms with E-state index in [9.17, 15) is 30.8 Å². The summed E-state index contributed by atoms with van der Waals surface area (Å²) in [5, 5.41) is 0.251. The predicted molar refractivity (Wildman–Crippen MR) is 127 cm³/mol. The van der Waals surface area contributed by atoms with Crippen LogP contribution in [-0.4, -0.2) is 42.2 Å². The summed E-state index contributed by atoms with van der Waals surface area (Å²) in [6.07, 6.45) is -0.321. The zero-order valence-corrected chi connectivity index (χ0v) is 20.3. The number of ketones is 1. The number of sulfonamides is 1. The van der Waals surface area contributed by atoms with Gasteiger partial charge in [0.1, 0.15) is 23.6 Å². The lowest BCUT2D eigenvalue weighted by molar-refractivity contribution is -0.137. The summed E-state index contributed by atoms with van der Waals surface area (Å²) in [6, 6.07) is 4.18. The average molecular weight is 551 g/mol. The van der Waals surface area contributed by atoms with Gasteiger partial charge in [0, 0.05) is 19.3 Å². The molecule has 0 bridgehead atoms. The van der Waals surface area contributed by atoms with E-state index in [1.54, 1.807) is 7.05 Å². The lowest BCUT2D eigenvalue weighted by Crippen LogP contribution is -2.21. The largest absolute Gasteiger partial charge is 0.416 e. The van der Waals surface area contributed by atoms with E-state index in [4.69, 9.17) is 0 Å². The fraction of sp³-hybridized carbons (Fsp3) is 0.208. The van der Waals surface area contributed by atoms with Crippen LogP contribution in [0, 0.1) is 11.6 Å². The van der Waals surface area contributed by atoms with E-state index in [-0.39, 0.29) is 22.6 Å². The molecule has 14 heteroatoms. The molecule has 0 unspecified atom stereocenters. The molecule has 2 aromatic carbocycles. The molecule has 0 aliphatic heterocycles. The topological polar surface area (TPSA) is 108 Å². The first-order valence-electron chi connectivity index (χ1n) is 11.2. The van der Waals surface area contributed by atoms with Gasteiger partial charge in [-0.2, -0.15) is 13.2 Å². The Morgan fingerprint density at radius 3 is 2.39 bits per heavy atom. The maximum absolute atomic E-state index is 15.5. The van der Waals surface area contributed by atoms with E-state index in [1.807, 2.05) is 9.62 Å². The molecule has 5 rings (SSSR count). The number of rotatable bonds is 7. The van der Waals surface area contributed by atoms with Crippen LogP contribution in [-0.2, 0) is 16.2 Å². The Hall–Kier alpha value is -4.07. The Balaban J connectivity index is 1.52. The number of benzene rings is 2. The Morgan fingerprint density at radius 2 is 1.76 bits per heavy atom. The number of hydrogen-bond acceptors (Lipinski definition) is 6. The average Bonchev–Trinajstić information content (AvgIpc) is 3.63. The molecule has 0 amide bonds. The maximum Gasteiger partial charge on any atom is 0.416 e. The molecule has 0 radical (unpaired) electrons. The first-order chi connectivity index (χ1) is 17.9. The van der Waals surface area contributed by atoms with Crippen molar-refractivity contribution < 1.29 is 35.2 Å². The highest BCUT2D eigenvalue weighted by Gasteiger charge is 2.33. The molecule has 8 nitrogen and oxygen atoms in total. The number of nitrogens with zero attached hydrogens (tertiary/aromatic N) is 3. The number of nitrogens with one attached hydrogen (secondary N) is 2. The summed E-state index contributed by atoms with van der Waals surface area (Å²) in [7, 11) is -2.81. The second-order valence-corrected chi connectivity index (χ2v) is 10.4. The van der Waals surface area contributed by atoms with E-state index >= 15 is 4.39 Å². The number of H-pyrrole nitrogens is 1. The zero-order valence-electron chi connectivity index (χ0n) is 19.5. The fourth-order valence-corrected chi connectivity index (χ4v) is 5.09. The summed E-state index contributed by atoms with van der Waals surface area (Å²) in [5.41, 5.74) is -2.72. The molecule has 0 atom stereocenters. The number of aromatic nitrogens is 3. The third-order valence-electron chi connectivity index (χ3n) is 6.18. The van der Waals surface area contributed by atoms with Gasteiger partial charge in [-0.3, -0.25) is 9.52 Å². The predicted octanol–water partition coefficient (Wildman–Crippen LogP) is 4.89. The smallest absolute Gasteiger partial charge is 0.356 e. The molecule has 1 aliphatic rings. The van der Waals surface area contributed by atoms with Gasteiger partial charge in [0.15, 0.2) is 5.82 Å². The molecule has 38 heavy (non-hydrogen) atoms. The van der Waals surface area contributed by atoms with Crippen LogP contribution in [0.15, 0.2) is 53.8 Å². The molecule has 198 valence electrons. The molecule has 2 N–H and O–H groups in total. The first-order valence-corrected chi connectivity index (χ1v) is 12.6. The highest BCUT2D eigenvalue weighted by atomic mass is 32.2. The standard InChI is InChI=1S/C24H18F5N5O3S/c1-34(13-4-5-13)23-18-15(10-30-22(18)31-11-32-23)21(35)19-16(25)8-9-17(20(19)26)33-38(36,37)14-6-2-12(3-7-14)24(27,28)29/h2-3,6-11,13,33H,4-5H2,1H3,(H,30,31,32). The number of aromatic amines is 1. The molecule has 4 aromatic rings. The molecule has 1 fully saturated rings. The first kappa shape index (κ1) is 25.6. The maximum atomic E-state index is 15.5. The van der Waals surface area contributed by atoms with Crippen molar-refractivity contribution in [1.82, 2.24) is 15.0 Å². The van der Waals surface area contributed by atoms with E-state index in [0.29, 0.717) is 36.1 Å². The molecule has 0 spiro atoms. The summed E-state index contributed by atoms with van der Waals surface area (Å²) in [5.74, 6) is -3.42. The third-order valence-corrected chi connectivity index (χ3v) is 7.56. The minimum absolute atomic E-state index is 0.122. The lowest BCUT2D eigenvalue weighted by Gasteiger charge is -2.18. The van der Waals surface area contributed by atoms with Gasteiger partial charge in [-0.25, -0.2) is 27.2 Å². The molecule has 1 saturated carbocycles. The van der Waals surface area contributed by atoms with Gasteiger partial charge in [-0.1, -0.05) is 0 Å². The van der Waals surface area contributed by atoms with Crippen LogP contribution in [0.5, 0.6) is 0 Å². The summed E-state index contributed by atoms with van der Waals surface area (Å²) in [4.78, 5) is 25.7. The quantitative estimate of drug-likeness (QED) is 0.250. The monoisotopic (exact) mass is 551 g/mol. The second-order valence-electron chi connectivity index (χ2n) is 8.71. The van der Waals surface area contributed by atoms with Gasteiger partial charge in [0.05, 0.1) is 32.7 Å². The van der Waals surface area contributed by atoms with Crippen molar-refractivity contribution in [3.8, 4) is 0 Å². The van der Waals surface area contributed by atoms with E-state index in [1.165, 1.54) is 12.5 Å². The van der Waals surface area contributed by atoms with E-state index in [0.717, 1.165) is 18.9 Å². The number of anilines is 2. The zero-order chi connectivity index (χ0) is 27.4. The fourth-order valence-electron chi connectivity index (χ4n) is 4.03. The third kappa shape index (κ3) is 4.55. The van der Waals surface area contributed by atoms with Gasteiger partial charge in [0.2, 0.25) is 5.78 Å². The normalized spacial score (nSPS) is 14.1. The van der Waals surface area contributed by atoms with Gasteiger partial charge in [-0.15, -0.1) is 0 Å². The molecular formula is C24H18F5N5O3S. The van der Waals surface area contributed by atoms with Crippen molar-refractivity contribution in [2.24, 2.45) is 0 Å². The Bertz CT molecular complexity index is 1670. The molecule has 2 aromatic heterocycles. The van der Waals surface area contributed by atoms with Gasteiger partial charge in [0.25, 0.3) is 10.0 Å². The van der Waals surface area contributed by atoms with E-state index in [2.05, 4.69) is 15.0 Å². The van der Waals surface area contributed by atoms with Gasteiger partial charge >= 0.3 is 6.18 Å². The van der Waals surface area contributed by atoms with E-state index < -0.39 is 55.3 Å². The molecule has 1 aliphatic carbocycles. The SMILES string of the molecule is CN(c1ncnc2[nH]cc(C(=O)c3c(F)ccc(NS(=O)(=O)c4ccc(C(F)(F)F)cc4)c3F)c12)C1CC1. The van der Waals surface area contributed by atoms with Gasteiger partial charge in [-0.05, 0) is 49.2 Å². The highest BCUT2D eigenvalue weighted by molar-refractivity contribution is 7.92. The molecule has 0 saturated heterocycles. The van der Waals surface area contributed by atoms with Crippen LogP contribution in [0.25, 0.3) is 11.0 Å². The number of halogens is 5. The van der Waals surface area contributed by atoms with Crippen molar-refractivity contribution in [3.63, 3.8) is 0 Å². The number of alkyl halides is 3. The minimum atomic E-state index is -4.69. The Labute approximate surface area is 212 Å². The van der Waals surface area contributed by atoms with Crippen molar-refractivity contribution in [2.45, 2.75) is 30.0 Å². The number of carbonyl (C=O) groups is 1. The highest BCUT2D eigenvalue weighted by Crippen LogP contribution is 2.36. The molecule has 2 heterocycles. The Kier molecular flexibility index (Phi) is 6.09. The summed E-state index contributed by atoms with van der Waals surface area (Å²) < 4.78 is 95.9. The van der Waals surface area contributed by atoms with Crippen LogP contribution >= 0.6 is 0 Å². The summed E-state index contributed by atoms with van der Waals surface area (Å²) >= 11 is 0. The van der Waals surface area contributed by atoms with Crippen molar-refractivity contribution in [2.75, 3.05) is 16.7 Å². The van der Waals surface area contributed by atoms with Crippen LogP contribution in [0.4, 0.5) is 33.5 Å². The number of hydrogen-bond donors (Lipinski definition) is 2. The summed E-state index contributed by atoms with van der Waals surface area (Å²) in [6.45, 7) is 0. The van der Waals surface area contributed by atoms with Crippen molar-refractivity contribution in [3.05, 3.63) is 77.2 Å². The van der Waals surface area contributed by atoms with Gasteiger partial charge < -0.3 is 9.88 Å². The van der Waals surface area contributed by atoms with Crippen LogP contribution in [0.3, 0.4) is 0 Å². The van der Waals surface area contributed by atoms with Crippen LogP contribution in [0.1, 0.15) is 34.3 Å². The molecular weight excluding hydrogens is 533 g/mol. The minimum Gasteiger partial charge on any atom is -0.356 e. The lowest BCUT2D eigenvalue weighted by atomic mass is 10.0. The second kappa shape index (κ2) is 9.04. The van der Waals surface area contributed by atoms with Crippen molar-refractivity contribution >= 4 is 38.3 Å². The van der Waals surface area contributed by atoms with Crippen LogP contribution in [0.2, 0.25) is 0 Å². The van der Waals surface area contributed by atoms with Crippen molar-refractivity contribution in [1.29, 1.82) is 0 Å². The number of fused-ring (bicyclic) bond motifs is 1. The van der Waals surface area contributed by atoms with Crippen LogP contribution < -0.4 is 9.62 Å². The Morgan fingerprint density at radius 1 is 1.08 bits per heavy atom. The number of carbonyl (C=O) groups excluding carboxylic acids is 1.